The van der Waals surface area contributed by atoms with E-state index in [9.17, 15) is 4.79 Å². The van der Waals surface area contributed by atoms with Gasteiger partial charge in [-0.3, -0.25) is 9.78 Å². The zero-order chi connectivity index (χ0) is 13.7. The van der Waals surface area contributed by atoms with E-state index >= 15 is 0 Å². The minimum Gasteiger partial charge on any atom is -0.469 e. The number of carbonyl (C=O) groups is 1. The maximum Gasteiger partial charge on any atom is 0.313 e. The van der Waals surface area contributed by atoms with Crippen LogP contribution in [0.4, 0.5) is 0 Å². The molecule has 0 N–H and O–H groups in total. The average molecular weight is 320 g/mol. The lowest BCUT2D eigenvalue weighted by Gasteiger charge is -2.15. The lowest BCUT2D eigenvalue weighted by atomic mass is 9.93. The number of halogens is 1. The van der Waals surface area contributed by atoms with Crippen LogP contribution in [0.5, 0.6) is 0 Å². The standard InChI is InChI=1S/C15H14BrNO2/c1-19-15(18)14(12-6-8-17-9-7-12)10-11-2-4-13(16)5-3-11/h2-9,14H,10H2,1H3/t14-/m1/s1. The van der Waals surface area contributed by atoms with Crippen molar-refractivity contribution in [2.75, 3.05) is 7.11 Å². The number of methoxy groups -OCH3 is 1. The molecule has 0 saturated carbocycles. The topological polar surface area (TPSA) is 39.2 Å². The Labute approximate surface area is 120 Å². The predicted octanol–water partition coefficient (Wildman–Crippen LogP) is 3.34. The van der Waals surface area contributed by atoms with Crippen molar-refractivity contribution in [1.82, 2.24) is 4.98 Å². The Hall–Kier alpha value is -1.68. The zero-order valence-electron chi connectivity index (χ0n) is 10.5. The first-order valence-corrected chi connectivity index (χ1v) is 6.72. The van der Waals surface area contributed by atoms with Crippen LogP contribution >= 0.6 is 15.9 Å². The van der Waals surface area contributed by atoms with Crippen molar-refractivity contribution in [3.63, 3.8) is 0 Å². The minimum absolute atomic E-state index is 0.228. The lowest BCUT2D eigenvalue weighted by molar-refractivity contribution is -0.142. The van der Waals surface area contributed by atoms with Gasteiger partial charge in [-0.25, -0.2) is 0 Å². The summed E-state index contributed by atoms with van der Waals surface area (Å²) in [5, 5.41) is 0. The van der Waals surface area contributed by atoms with E-state index in [1.165, 1.54) is 7.11 Å². The number of pyridine rings is 1. The predicted molar refractivity (Wildman–Crippen MR) is 76.8 cm³/mol. The highest BCUT2D eigenvalue weighted by molar-refractivity contribution is 9.10. The quantitative estimate of drug-likeness (QED) is 0.811. The highest BCUT2D eigenvalue weighted by atomic mass is 79.9. The molecule has 0 amide bonds. The number of rotatable bonds is 4. The molecule has 0 fully saturated rings. The molecule has 19 heavy (non-hydrogen) atoms. The van der Waals surface area contributed by atoms with Crippen molar-refractivity contribution in [3.05, 3.63) is 64.4 Å². The Bertz CT molecular complexity index is 540. The van der Waals surface area contributed by atoms with Gasteiger partial charge in [0.2, 0.25) is 0 Å². The summed E-state index contributed by atoms with van der Waals surface area (Å²) in [6.45, 7) is 0. The summed E-state index contributed by atoms with van der Waals surface area (Å²) in [7, 11) is 1.41. The summed E-state index contributed by atoms with van der Waals surface area (Å²) < 4.78 is 5.92. The fraction of sp³-hybridized carbons (Fsp3) is 0.200. The molecule has 2 aromatic rings. The van der Waals surface area contributed by atoms with Crippen LogP contribution in [0.2, 0.25) is 0 Å². The lowest BCUT2D eigenvalue weighted by Crippen LogP contribution is -2.16. The molecule has 1 heterocycles. The molecule has 0 unspecified atom stereocenters. The number of aromatic nitrogens is 1. The molecule has 0 saturated heterocycles. The van der Waals surface area contributed by atoms with Crippen LogP contribution < -0.4 is 0 Å². The van der Waals surface area contributed by atoms with Gasteiger partial charge in [0.25, 0.3) is 0 Å². The Morgan fingerprint density at radius 3 is 2.42 bits per heavy atom. The van der Waals surface area contributed by atoms with Crippen LogP contribution in [-0.4, -0.2) is 18.1 Å². The molecule has 0 radical (unpaired) electrons. The van der Waals surface area contributed by atoms with E-state index in [2.05, 4.69) is 20.9 Å². The van der Waals surface area contributed by atoms with Gasteiger partial charge in [0.05, 0.1) is 13.0 Å². The molecule has 0 aliphatic rings. The summed E-state index contributed by atoms with van der Waals surface area (Å²) in [6.07, 6.45) is 3.99. The minimum atomic E-state index is -0.297. The van der Waals surface area contributed by atoms with Gasteiger partial charge in [-0.15, -0.1) is 0 Å². The number of hydrogen-bond acceptors (Lipinski definition) is 3. The van der Waals surface area contributed by atoms with Crippen LogP contribution in [0, 0.1) is 0 Å². The molecule has 1 aromatic heterocycles. The van der Waals surface area contributed by atoms with E-state index in [4.69, 9.17) is 4.74 Å². The van der Waals surface area contributed by atoms with Gasteiger partial charge in [0.1, 0.15) is 0 Å². The van der Waals surface area contributed by atoms with Gasteiger partial charge in [-0.2, -0.15) is 0 Å². The average Bonchev–Trinajstić information content (AvgIpc) is 2.47. The highest BCUT2D eigenvalue weighted by Crippen LogP contribution is 2.23. The molecule has 0 aliphatic carbocycles. The number of ether oxygens (including phenoxy) is 1. The van der Waals surface area contributed by atoms with E-state index in [-0.39, 0.29) is 11.9 Å². The first kappa shape index (κ1) is 13.7. The molecule has 0 spiro atoms. The zero-order valence-corrected chi connectivity index (χ0v) is 12.1. The molecular formula is C15H14BrNO2. The van der Waals surface area contributed by atoms with Crippen LogP contribution in [0.25, 0.3) is 0 Å². The van der Waals surface area contributed by atoms with Crippen LogP contribution in [-0.2, 0) is 16.0 Å². The molecule has 98 valence electrons. The molecule has 2 rings (SSSR count). The smallest absolute Gasteiger partial charge is 0.313 e. The van der Waals surface area contributed by atoms with Crippen molar-refractivity contribution in [1.29, 1.82) is 0 Å². The number of esters is 1. The monoisotopic (exact) mass is 319 g/mol. The van der Waals surface area contributed by atoms with Gasteiger partial charge in [0, 0.05) is 16.9 Å². The summed E-state index contributed by atoms with van der Waals surface area (Å²) in [4.78, 5) is 15.9. The molecule has 0 aliphatic heterocycles. The Morgan fingerprint density at radius 1 is 1.21 bits per heavy atom. The summed E-state index contributed by atoms with van der Waals surface area (Å²) in [6, 6.07) is 11.6. The maximum absolute atomic E-state index is 11.9. The van der Waals surface area contributed by atoms with Crippen molar-refractivity contribution in [3.8, 4) is 0 Å². The van der Waals surface area contributed by atoms with E-state index < -0.39 is 0 Å². The summed E-state index contributed by atoms with van der Waals surface area (Å²) in [5.74, 6) is -0.525. The second-order valence-electron chi connectivity index (χ2n) is 4.19. The molecule has 1 aromatic carbocycles. The van der Waals surface area contributed by atoms with E-state index in [1.807, 2.05) is 36.4 Å². The third-order valence-corrected chi connectivity index (χ3v) is 3.48. The third kappa shape index (κ3) is 3.64. The molecule has 4 heteroatoms. The van der Waals surface area contributed by atoms with Crippen molar-refractivity contribution in [2.45, 2.75) is 12.3 Å². The Kier molecular flexibility index (Phi) is 4.68. The second-order valence-corrected chi connectivity index (χ2v) is 5.10. The largest absolute Gasteiger partial charge is 0.469 e. The van der Waals surface area contributed by atoms with E-state index in [1.54, 1.807) is 12.4 Å². The first-order chi connectivity index (χ1) is 9.20. The number of nitrogens with zero attached hydrogens (tertiary/aromatic N) is 1. The Morgan fingerprint density at radius 2 is 1.84 bits per heavy atom. The van der Waals surface area contributed by atoms with Gasteiger partial charge in [0.15, 0.2) is 0 Å². The normalized spacial score (nSPS) is 11.9. The highest BCUT2D eigenvalue weighted by Gasteiger charge is 2.21. The van der Waals surface area contributed by atoms with E-state index in [0.717, 1.165) is 15.6 Å². The number of carbonyl (C=O) groups excluding carboxylic acids is 1. The van der Waals surface area contributed by atoms with Gasteiger partial charge in [-0.05, 0) is 41.8 Å². The van der Waals surface area contributed by atoms with Crippen molar-refractivity contribution >= 4 is 21.9 Å². The summed E-state index contributed by atoms with van der Waals surface area (Å²) in [5.41, 5.74) is 2.01. The number of benzene rings is 1. The van der Waals surface area contributed by atoms with E-state index in [0.29, 0.717) is 6.42 Å². The Balaban J connectivity index is 2.24. The fourth-order valence-electron chi connectivity index (χ4n) is 1.93. The van der Waals surface area contributed by atoms with Crippen molar-refractivity contribution < 1.29 is 9.53 Å². The SMILES string of the molecule is COC(=O)[C@H](Cc1ccc(Br)cc1)c1ccncc1. The molecule has 0 bridgehead atoms. The molecule has 1 atom stereocenters. The third-order valence-electron chi connectivity index (χ3n) is 2.95. The second kappa shape index (κ2) is 6.48. The van der Waals surface area contributed by atoms with Crippen LogP contribution in [0.3, 0.4) is 0 Å². The molecular weight excluding hydrogens is 306 g/mol. The number of hydrogen-bond donors (Lipinski definition) is 0. The van der Waals surface area contributed by atoms with Crippen molar-refractivity contribution in [2.24, 2.45) is 0 Å². The molecule has 3 nitrogen and oxygen atoms in total. The van der Waals surface area contributed by atoms with Gasteiger partial charge < -0.3 is 4.74 Å². The van der Waals surface area contributed by atoms with Crippen LogP contribution in [0.15, 0.2) is 53.3 Å². The maximum atomic E-state index is 11.9. The van der Waals surface area contributed by atoms with Crippen LogP contribution in [0.1, 0.15) is 17.0 Å². The summed E-state index contributed by atoms with van der Waals surface area (Å²) >= 11 is 3.40. The fourth-order valence-corrected chi connectivity index (χ4v) is 2.20. The van der Waals surface area contributed by atoms with Gasteiger partial charge >= 0.3 is 5.97 Å². The first-order valence-electron chi connectivity index (χ1n) is 5.93. The van der Waals surface area contributed by atoms with Gasteiger partial charge in [-0.1, -0.05) is 28.1 Å².